The van der Waals surface area contributed by atoms with Gasteiger partial charge >= 0.3 is 0 Å². The molecule has 0 saturated carbocycles. The molecule has 0 spiro atoms. The number of pyridine rings is 1. The Kier molecular flexibility index (Phi) is 3.76. The van der Waals surface area contributed by atoms with Gasteiger partial charge in [0.25, 0.3) is 0 Å². The second kappa shape index (κ2) is 5.12. The van der Waals surface area contributed by atoms with Crippen LogP contribution in [0.2, 0.25) is 0 Å². The molecule has 1 saturated heterocycles. The van der Waals surface area contributed by atoms with Gasteiger partial charge in [-0.3, -0.25) is 4.98 Å². The molecule has 2 heterocycles. The van der Waals surface area contributed by atoms with E-state index in [2.05, 4.69) is 4.98 Å². The van der Waals surface area contributed by atoms with E-state index < -0.39 is 10.0 Å². The van der Waals surface area contributed by atoms with E-state index in [1.807, 2.05) is 12.1 Å². The monoisotopic (exact) mass is 255 g/mol. The Balaban J connectivity index is 1.98. The van der Waals surface area contributed by atoms with Crippen molar-refractivity contribution in [3.8, 4) is 0 Å². The Hall–Kier alpha value is -0.980. The summed E-state index contributed by atoms with van der Waals surface area (Å²) in [6.45, 7) is 0.555. The average Bonchev–Trinajstić information content (AvgIpc) is 2.75. The normalized spacial score (nSPS) is 21.8. The molecule has 1 fully saturated rings. The van der Waals surface area contributed by atoms with E-state index in [4.69, 9.17) is 5.73 Å². The first-order valence-corrected chi connectivity index (χ1v) is 7.34. The predicted molar refractivity (Wildman–Crippen MR) is 65.6 cm³/mol. The summed E-state index contributed by atoms with van der Waals surface area (Å²) < 4.78 is 25.5. The van der Waals surface area contributed by atoms with E-state index in [1.54, 1.807) is 12.4 Å². The summed E-state index contributed by atoms with van der Waals surface area (Å²) in [6.07, 6.45) is 5.13. The van der Waals surface area contributed by atoms with Crippen molar-refractivity contribution < 1.29 is 8.42 Å². The van der Waals surface area contributed by atoms with E-state index >= 15 is 0 Å². The zero-order valence-electron chi connectivity index (χ0n) is 9.62. The number of hydrogen-bond donors (Lipinski definition) is 1. The Morgan fingerprint density at radius 3 is 2.71 bits per heavy atom. The van der Waals surface area contributed by atoms with Crippen molar-refractivity contribution in [2.75, 3.05) is 12.3 Å². The lowest BCUT2D eigenvalue weighted by Gasteiger charge is -2.20. The van der Waals surface area contributed by atoms with Gasteiger partial charge in [-0.05, 0) is 37.0 Å². The highest BCUT2D eigenvalue weighted by Crippen LogP contribution is 2.18. The number of aromatic nitrogens is 1. The molecule has 1 aromatic rings. The van der Waals surface area contributed by atoms with E-state index in [0.29, 0.717) is 13.0 Å². The quantitative estimate of drug-likeness (QED) is 0.841. The van der Waals surface area contributed by atoms with Crippen LogP contribution >= 0.6 is 0 Å². The van der Waals surface area contributed by atoms with Crippen molar-refractivity contribution in [3.63, 3.8) is 0 Å². The van der Waals surface area contributed by atoms with Gasteiger partial charge < -0.3 is 5.73 Å². The van der Waals surface area contributed by atoms with Gasteiger partial charge in [-0.25, -0.2) is 8.42 Å². The topological polar surface area (TPSA) is 76.3 Å². The summed E-state index contributed by atoms with van der Waals surface area (Å²) in [7, 11) is -3.22. The van der Waals surface area contributed by atoms with Crippen molar-refractivity contribution in [1.82, 2.24) is 9.29 Å². The molecule has 94 valence electrons. The maximum Gasteiger partial charge on any atom is 0.215 e. The van der Waals surface area contributed by atoms with Gasteiger partial charge in [0.05, 0.1) is 11.9 Å². The molecule has 1 aromatic heterocycles. The molecular weight excluding hydrogens is 238 g/mol. The van der Waals surface area contributed by atoms with Crippen LogP contribution in [0.1, 0.15) is 18.4 Å². The molecule has 0 aliphatic carbocycles. The van der Waals surface area contributed by atoms with Gasteiger partial charge in [-0.1, -0.05) is 0 Å². The van der Waals surface area contributed by atoms with Gasteiger partial charge in [-0.15, -0.1) is 0 Å². The van der Waals surface area contributed by atoms with Crippen LogP contribution in [0.4, 0.5) is 0 Å². The van der Waals surface area contributed by atoms with Gasteiger partial charge in [0.15, 0.2) is 0 Å². The van der Waals surface area contributed by atoms with Crippen molar-refractivity contribution in [3.05, 3.63) is 30.1 Å². The fourth-order valence-electron chi connectivity index (χ4n) is 2.02. The lowest BCUT2D eigenvalue weighted by atomic mass is 10.2. The first-order valence-electron chi connectivity index (χ1n) is 5.73. The minimum absolute atomic E-state index is 0.116. The highest BCUT2D eigenvalue weighted by Gasteiger charge is 2.31. The fraction of sp³-hybridized carbons (Fsp3) is 0.545. The molecule has 1 unspecified atom stereocenters. The minimum atomic E-state index is -3.22. The van der Waals surface area contributed by atoms with Crippen LogP contribution < -0.4 is 5.73 Å². The van der Waals surface area contributed by atoms with Gasteiger partial charge in [-0.2, -0.15) is 4.31 Å². The number of aryl methyl sites for hydroxylation is 1. The molecule has 1 atom stereocenters. The maximum absolute atomic E-state index is 12.0. The van der Waals surface area contributed by atoms with Gasteiger partial charge in [0.2, 0.25) is 10.0 Å². The van der Waals surface area contributed by atoms with Crippen LogP contribution in [0.3, 0.4) is 0 Å². The Morgan fingerprint density at radius 2 is 2.12 bits per heavy atom. The third-order valence-electron chi connectivity index (χ3n) is 3.00. The van der Waals surface area contributed by atoms with Crippen LogP contribution in [0.25, 0.3) is 0 Å². The van der Waals surface area contributed by atoms with Gasteiger partial charge in [0, 0.05) is 18.9 Å². The number of nitrogens with two attached hydrogens (primary N) is 1. The largest absolute Gasteiger partial charge is 0.315 e. The Morgan fingerprint density at radius 1 is 1.41 bits per heavy atom. The van der Waals surface area contributed by atoms with Crippen molar-refractivity contribution in [2.45, 2.75) is 25.4 Å². The SMILES string of the molecule is NC1CCCN1S(=O)(=O)CCc1ccncc1. The standard InChI is InChI=1S/C11H17N3O2S/c12-11-2-1-8-14(11)17(15,16)9-5-10-3-6-13-7-4-10/h3-4,6-7,11H,1-2,5,8-9,12H2. The number of sulfonamides is 1. The molecule has 1 aliphatic rings. The zero-order valence-corrected chi connectivity index (χ0v) is 10.4. The van der Waals surface area contributed by atoms with E-state index in [1.165, 1.54) is 4.31 Å². The molecule has 0 radical (unpaired) electrons. The Bertz CT molecular complexity index is 461. The van der Waals surface area contributed by atoms with Crippen LogP contribution in [0.15, 0.2) is 24.5 Å². The maximum atomic E-state index is 12.0. The summed E-state index contributed by atoms with van der Waals surface area (Å²) in [6, 6.07) is 3.67. The third-order valence-corrected chi connectivity index (χ3v) is 4.89. The molecule has 0 amide bonds. The van der Waals surface area contributed by atoms with Crippen molar-refractivity contribution in [2.24, 2.45) is 5.73 Å². The minimum Gasteiger partial charge on any atom is -0.315 e. The first kappa shape index (κ1) is 12.5. The lowest BCUT2D eigenvalue weighted by Crippen LogP contribution is -2.42. The van der Waals surface area contributed by atoms with Crippen LogP contribution in [0.5, 0.6) is 0 Å². The fourth-order valence-corrected chi connectivity index (χ4v) is 3.68. The van der Waals surface area contributed by atoms with Crippen LogP contribution in [0, 0.1) is 0 Å². The third kappa shape index (κ3) is 3.02. The smallest absolute Gasteiger partial charge is 0.215 e. The Labute approximate surface area is 102 Å². The predicted octanol–water partition coefficient (Wildman–Crippen LogP) is 0.335. The van der Waals surface area contributed by atoms with Crippen LogP contribution in [-0.4, -0.2) is 36.2 Å². The lowest BCUT2D eigenvalue weighted by molar-refractivity contribution is 0.396. The molecule has 5 nitrogen and oxygen atoms in total. The highest BCUT2D eigenvalue weighted by molar-refractivity contribution is 7.89. The molecule has 6 heteroatoms. The summed E-state index contributed by atoms with van der Waals surface area (Å²) in [5.74, 6) is 0.116. The molecule has 2 rings (SSSR count). The number of nitrogens with zero attached hydrogens (tertiary/aromatic N) is 2. The summed E-state index contributed by atoms with van der Waals surface area (Å²) in [5, 5.41) is 0. The number of rotatable bonds is 4. The summed E-state index contributed by atoms with van der Waals surface area (Å²) in [4.78, 5) is 3.90. The molecule has 2 N–H and O–H groups in total. The second-order valence-electron chi connectivity index (χ2n) is 4.24. The van der Waals surface area contributed by atoms with Gasteiger partial charge in [0.1, 0.15) is 0 Å². The summed E-state index contributed by atoms with van der Waals surface area (Å²) in [5.41, 5.74) is 6.75. The first-order chi connectivity index (χ1) is 8.09. The summed E-state index contributed by atoms with van der Waals surface area (Å²) >= 11 is 0. The van der Waals surface area contributed by atoms with E-state index in [9.17, 15) is 8.42 Å². The van der Waals surface area contributed by atoms with E-state index in [-0.39, 0.29) is 11.9 Å². The molecule has 0 bridgehead atoms. The molecule has 0 aromatic carbocycles. The second-order valence-corrected chi connectivity index (χ2v) is 6.28. The molecule has 1 aliphatic heterocycles. The highest BCUT2D eigenvalue weighted by atomic mass is 32.2. The number of hydrogen-bond acceptors (Lipinski definition) is 4. The molecular formula is C11H17N3O2S. The van der Waals surface area contributed by atoms with Crippen molar-refractivity contribution in [1.29, 1.82) is 0 Å². The van der Waals surface area contributed by atoms with Crippen molar-refractivity contribution >= 4 is 10.0 Å². The van der Waals surface area contributed by atoms with E-state index in [0.717, 1.165) is 18.4 Å². The average molecular weight is 255 g/mol. The molecule has 17 heavy (non-hydrogen) atoms. The zero-order chi connectivity index (χ0) is 12.3. The van der Waals surface area contributed by atoms with Crippen LogP contribution in [-0.2, 0) is 16.4 Å².